The summed E-state index contributed by atoms with van der Waals surface area (Å²) in [5.41, 5.74) is 0.717. The van der Waals surface area contributed by atoms with Gasteiger partial charge in [0, 0.05) is 24.2 Å². The van der Waals surface area contributed by atoms with Crippen LogP contribution in [0.25, 0.3) is 0 Å². The van der Waals surface area contributed by atoms with Crippen molar-refractivity contribution >= 4 is 17.5 Å². The summed E-state index contributed by atoms with van der Waals surface area (Å²) >= 11 is 0. The van der Waals surface area contributed by atoms with Crippen LogP contribution in [0, 0.1) is 0 Å². The zero-order valence-electron chi connectivity index (χ0n) is 14.5. The minimum atomic E-state index is -4.61. The highest BCUT2D eigenvalue weighted by molar-refractivity contribution is 5.97. The van der Waals surface area contributed by atoms with E-state index in [0.717, 1.165) is 12.8 Å². The van der Waals surface area contributed by atoms with Crippen LogP contribution in [0.2, 0.25) is 0 Å². The number of amides is 2. The second kappa shape index (κ2) is 7.82. The lowest BCUT2D eigenvalue weighted by Gasteiger charge is -2.27. The molecule has 1 heterocycles. The van der Waals surface area contributed by atoms with E-state index in [1.165, 1.54) is 36.4 Å². The summed E-state index contributed by atoms with van der Waals surface area (Å²) in [6.07, 6.45) is -2.38. The average molecular weight is 376 g/mol. The van der Waals surface area contributed by atoms with Gasteiger partial charge in [-0.1, -0.05) is 30.3 Å². The number of nitrogens with zero attached hydrogens (tertiary/aromatic N) is 1. The number of hydrogen-bond acceptors (Lipinski definition) is 2. The highest BCUT2D eigenvalue weighted by Crippen LogP contribution is 2.33. The van der Waals surface area contributed by atoms with Crippen molar-refractivity contribution in [3.05, 3.63) is 65.7 Å². The van der Waals surface area contributed by atoms with Gasteiger partial charge in [0.15, 0.2) is 6.04 Å². The molecule has 0 spiro atoms. The number of anilines is 1. The summed E-state index contributed by atoms with van der Waals surface area (Å²) in [5.74, 6) is -0.808. The third kappa shape index (κ3) is 4.48. The first-order valence-corrected chi connectivity index (χ1v) is 8.69. The minimum Gasteiger partial charge on any atom is -0.337 e. The Morgan fingerprint density at radius 2 is 1.67 bits per heavy atom. The summed E-state index contributed by atoms with van der Waals surface area (Å²) in [6, 6.07) is 11.2. The third-order valence-corrected chi connectivity index (χ3v) is 4.50. The van der Waals surface area contributed by atoms with Gasteiger partial charge in [-0.15, -0.1) is 0 Å². The lowest BCUT2D eigenvalue weighted by Crippen LogP contribution is -2.38. The molecule has 1 aliphatic heterocycles. The molecule has 2 aromatic rings. The standard InChI is InChI=1S/C20H19F3N2O2/c21-20(22,23)18(14-6-2-1-3-7-14)24-19(27)15-9-11-16(12-10-15)25-13-5-4-8-17(25)26/h1-3,6-7,9-12,18H,4-5,8,13H2,(H,24,27). The van der Waals surface area contributed by atoms with Gasteiger partial charge in [-0.25, -0.2) is 0 Å². The zero-order chi connectivity index (χ0) is 19.4. The van der Waals surface area contributed by atoms with Gasteiger partial charge in [0.05, 0.1) is 0 Å². The molecule has 142 valence electrons. The Morgan fingerprint density at radius 1 is 1.00 bits per heavy atom. The van der Waals surface area contributed by atoms with E-state index in [1.54, 1.807) is 23.1 Å². The molecule has 2 amide bonds. The molecule has 4 nitrogen and oxygen atoms in total. The van der Waals surface area contributed by atoms with Crippen molar-refractivity contribution in [2.45, 2.75) is 31.5 Å². The van der Waals surface area contributed by atoms with Crippen LogP contribution in [0.5, 0.6) is 0 Å². The Kier molecular flexibility index (Phi) is 5.48. The highest BCUT2D eigenvalue weighted by Gasteiger charge is 2.41. The fourth-order valence-corrected chi connectivity index (χ4v) is 3.09. The van der Waals surface area contributed by atoms with E-state index >= 15 is 0 Å². The van der Waals surface area contributed by atoms with Crippen molar-refractivity contribution in [2.24, 2.45) is 0 Å². The maximum Gasteiger partial charge on any atom is 0.412 e. The maximum absolute atomic E-state index is 13.4. The number of piperidine rings is 1. The number of carbonyl (C=O) groups excluding carboxylic acids is 2. The number of carbonyl (C=O) groups is 2. The molecule has 0 bridgehead atoms. The summed E-state index contributed by atoms with van der Waals surface area (Å²) in [7, 11) is 0. The van der Waals surface area contributed by atoms with Crippen molar-refractivity contribution < 1.29 is 22.8 Å². The fourth-order valence-electron chi connectivity index (χ4n) is 3.09. The number of nitrogens with one attached hydrogen (secondary N) is 1. The average Bonchev–Trinajstić information content (AvgIpc) is 2.66. The lowest BCUT2D eigenvalue weighted by molar-refractivity contribution is -0.155. The van der Waals surface area contributed by atoms with Crippen LogP contribution >= 0.6 is 0 Å². The Hall–Kier alpha value is -2.83. The molecule has 1 atom stereocenters. The van der Waals surface area contributed by atoms with Crippen LogP contribution in [-0.2, 0) is 4.79 Å². The molecule has 27 heavy (non-hydrogen) atoms. The molecule has 1 saturated heterocycles. The van der Waals surface area contributed by atoms with Gasteiger partial charge < -0.3 is 10.2 Å². The van der Waals surface area contributed by atoms with Gasteiger partial charge in [0.1, 0.15) is 0 Å². The van der Waals surface area contributed by atoms with Gasteiger partial charge in [-0.3, -0.25) is 9.59 Å². The smallest absolute Gasteiger partial charge is 0.337 e. The monoisotopic (exact) mass is 376 g/mol. The predicted molar refractivity (Wildman–Crippen MR) is 95.4 cm³/mol. The molecule has 0 aromatic heterocycles. The van der Waals surface area contributed by atoms with E-state index < -0.39 is 18.1 Å². The van der Waals surface area contributed by atoms with E-state index in [-0.39, 0.29) is 17.0 Å². The molecule has 2 aromatic carbocycles. The lowest BCUT2D eigenvalue weighted by atomic mass is 10.1. The summed E-state index contributed by atoms with van der Waals surface area (Å²) in [4.78, 5) is 25.9. The van der Waals surface area contributed by atoms with Crippen molar-refractivity contribution in [1.82, 2.24) is 5.32 Å². The third-order valence-electron chi connectivity index (χ3n) is 4.50. The number of benzene rings is 2. The number of rotatable bonds is 4. The molecule has 0 saturated carbocycles. The van der Waals surface area contributed by atoms with Crippen LogP contribution in [-0.4, -0.2) is 24.5 Å². The van der Waals surface area contributed by atoms with Gasteiger partial charge in [-0.2, -0.15) is 13.2 Å². The molecule has 1 aliphatic rings. The van der Waals surface area contributed by atoms with Crippen LogP contribution in [0.4, 0.5) is 18.9 Å². The summed E-state index contributed by atoms with van der Waals surface area (Å²) < 4.78 is 40.1. The molecule has 7 heteroatoms. The normalized spacial score (nSPS) is 16.1. The Balaban J connectivity index is 1.75. The van der Waals surface area contributed by atoms with E-state index in [2.05, 4.69) is 5.32 Å². The van der Waals surface area contributed by atoms with E-state index in [9.17, 15) is 22.8 Å². The van der Waals surface area contributed by atoms with E-state index in [4.69, 9.17) is 0 Å². The summed E-state index contributed by atoms with van der Waals surface area (Å²) in [6.45, 7) is 0.606. The molecular formula is C20H19F3N2O2. The summed E-state index contributed by atoms with van der Waals surface area (Å²) in [5, 5.41) is 2.05. The molecule has 3 rings (SSSR count). The van der Waals surface area contributed by atoms with Crippen LogP contribution in [0.15, 0.2) is 54.6 Å². The first kappa shape index (κ1) is 18.9. The number of alkyl halides is 3. The van der Waals surface area contributed by atoms with E-state index in [1.807, 2.05) is 0 Å². The second-order valence-electron chi connectivity index (χ2n) is 6.41. The Bertz CT molecular complexity index is 804. The molecule has 0 aliphatic carbocycles. The highest BCUT2D eigenvalue weighted by atomic mass is 19.4. The Morgan fingerprint density at radius 3 is 2.26 bits per heavy atom. The largest absolute Gasteiger partial charge is 0.412 e. The molecule has 1 N–H and O–H groups in total. The van der Waals surface area contributed by atoms with Gasteiger partial charge in [0.2, 0.25) is 5.91 Å². The first-order chi connectivity index (χ1) is 12.9. The van der Waals surface area contributed by atoms with Crippen molar-refractivity contribution in [2.75, 3.05) is 11.4 Å². The maximum atomic E-state index is 13.4. The van der Waals surface area contributed by atoms with Gasteiger partial charge in [-0.05, 0) is 42.7 Å². The fraction of sp³-hybridized carbons (Fsp3) is 0.300. The number of halogens is 3. The Labute approximate surface area is 155 Å². The quantitative estimate of drug-likeness (QED) is 0.868. The number of hydrogen-bond donors (Lipinski definition) is 1. The van der Waals surface area contributed by atoms with Crippen LogP contribution in [0.3, 0.4) is 0 Å². The van der Waals surface area contributed by atoms with Crippen LogP contribution in [0.1, 0.15) is 41.2 Å². The first-order valence-electron chi connectivity index (χ1n) is 8.69. The zero-order valence-corrected chi connectivity index (χ0v) is 14.5. The topological polar surface area (TPSA) is 49.4 Å². The van der Waals surface area contributed by atoms with Crippen LogP contribution < -0.4 is 10.2 Å². The van der Waals surface area contributed by atoms with Crippen molar-refractivity contribution in [3.8, 4) is 0 Å². The van der Waals surface area contributed by atoms with Crippen molar-refractivity contribution in [3.63, 3.8) is 0 Å². The predicted octanol–water partition coefficient (Wildman–Crippen LogP) is 4.24. The van der Waals surface area contributed by atoms with Gasteiger partial charge >= 0.3 is 6.18 Å². The molecule has 0 radical (unpaired) electrons. The second-order valence-corrected chi connectivity index (χ2v) is 6.41. The molecule has 1 unspecified atom stereocenters. The minimum absolute atomic E-state index is 0.0136. The van der Waals surface area contributed by atoms with Crippen molar-refractivity contribution in [1.29, 1.82) is 0 Å². The SMILES string of the molecule is O=C(NC(c1ccccc1)C(F)(F)F)c1ccc(N2CCCCC2=O)cc1. The van der Waals surface area contributed by atoms with E-state index in [0.29, 0.717) is 18.7 Å². The molecule has 1 fully saturated rings. The van der Waals surface area contributed by atoms with Gasteiger partial charge in [0.25, 0.3) is 5.91 Å². The molecular weight excluding hydrogens is 357 g/mol.